The zero-order valence-corrected chi connectivity index (χ0v) is 7.38. The van der Waals surface area contributed by atoms with Crippen LogP contribution in [0.5, 0.6) is 0 Å². The van der Waals surface area contributed by atoms with Gasteiger partial charge in [0.1, 0.15) is 0 Å². The highest BCUT2D eigenvalue weighted by atomic mass is 16.2. The first kappa shape index (κ1) is 6.93. The van der Waals surface area contributed by atoms with Crippen molar-refractivity contribution in [2.75, 3.05) is 6.54 Å². The summed E-state index contributed by atoms with van der Waals surface area (Å²) < 4.78 is 0. The summed E-state index contributed by atoms with van der Waals surface area (Å²) in [6.07, 6.45) is 7.37. The third kappa shape index (κ3) is 0.732. The minimum Gasteiger partial charge on any atom is -0.339 e. The average molecular weight is 165 g/mol. The fourth-order valence-electron chi connectivity index (χ4n) is 3.06. The second kappa shape index (κ2) is 2.04. The van der Waals surface area contributed by atoms with E-state index in [-0.39, 0.29) is 0 Å². The Hall–Kier alpha value is -0.530. The molecule has 12 heavy (non-hydrogen) atoms. The van der Waals surface area contributed by atoms with E-state index in [2.05, 4.69) is 4.90 Å². The quantitative estimate of drug-likeness (QED) is 0.533. The van der Waals surface area contributed by atoms with Crippen LogP contribution < -0.4 is 0 Å². The fourth-order valence-corrected chi connectivity index (χ4v) is 3.06. The molecule has 1 unspecified atom stereocenters. The molecule has 0 aromatic carbocycles. The molecular formula is C10H15NO. The van der Waals surface area contributed by atoms with Crippen LogP contribution in [0.15, 0.2) is 0 Å². The normalized spacial score (nSPS) is 37.2. The predicted octanol–water partition coefficient (Wildman–Crippen LogP) is 1.55. The van der Waals surface area contributed by atoms with Crippen LogP contribution in [-0.4, -0.2) is 23.4 Å². The van der Waals surface area contributed by atoms with Crippen molar-refractivity contribution in [2.45, 2.75) is 44.6 Å². The van der Waals surface area contributed by atoms with E-state index in [1.807, 2.05) is 0 Å². The van der Waals surface area contributed by atoms with Crippen LogP contribution in [0, 0.1) is 5.41 Å². The first-order chi connectivity index (χ1) is 5.82. The summed E-state index contributed by atoms with van der Waals surface area (Å²) in [6.45, 7) is 1.05. The van der Waals surface area contributed by atoms with Crippen LogP contribution in [0.3, 0.4) is 0 Å². The predicted molar refractivity (Wildman–Crippen MR) is 45.6 cm³/mol. The Balaban J connectivity index is 1.91. The van der Waals surface area contributed by atoms with Crippen LogP contribution in [-0.2, 0) is 4.79 Å². The largest absolute Gasteiger partial charge is 0.339 e. The van der Waals surface area contributed by atoms with Gasteiger partial charge in [0, 0.05) is 19.0 Å². The molecule has 0 radical (unpaired) electrons. The summed E-state index contributed by atoms with van der Waals surface area (Å²) in [4.78, 5) is 13.8. The summed E-state index contributed by atoms with van der Waals surface area (Å²) in [6, 6.07) is 0.652. The highest BCUT2D eigenvalue weighted by molar-refractivity contribution is 5.81. The summed E-state index contributed by atoms with van der Waals surface area (Å²) in [5.74, 6) is 0.442. The van der Waals surface area contributed by atoms with Gasteiger partial charge in [0.05, 0.1) is 0 Å². The van der Waals surface area contributed by atoms with E-state index in [0.717, 1.165) is 13.0 Å². The topological polar surface area (TPSA) is 20.3 Å². The molecule has 1 amide bonds. The zero-order chi connectivity index (χ0) is 8.18. The number of rotatable bonds is 0. The first-order valence-electron chi connectivity index (χ1n) is 5.11. The first-order valence-corrected chi connectivity index (χ1v) is 5.11. The molecule has 3 rings (SSSR count). The van der Waals surface area contributed by atoms with E-state index in [1.54, 1.807) is 0 Å². The van der Waals surface area contributed by atoms with Gasteiger partial charge in [-0.1, -0.05) is 0 Å². The Morgan fingerprint density at radius 3 is 2.92 bits per heavy atom. The summed E-state index contributed by atoms with van der Waals surface area (Å²) in [7, 11) is 0. The maximum Gasteiger partial charge on any atom is 0.223 e. The molecule has 1 atom stereocenters. The molecule has 0 aromatic rings. The molecular weight excluding hydrogens is 150 g/mol. The molecule has 2 heterocycles. The third-order valence-electron chi connectivity index (χ3n) is 3.93. The number of amides is 1. The fraction of sp³-hybridized carbons (Fsp3) is 0.900. The van der Waals surface area contributed by atoms with Gasteiger partial charge in [-0.3, -0.25) is 4.79 Å². The van der Waals surface area contributed by atoms with Crippen molar-refractivity contribution >= 4 is 5.91 Å². The number of piperidine rings is 1. The van der Waals surface area contributed by atoms with E-state index in [4.69, 9.17) is 0 Å². The number of nitrogens with zero attached hydrogens (tertiary/aromatic N) is 1. The van der Waals surface area contributed by atoms with Gasteiger partial charge in [0.15, 0.2) is 0 Å². The van der Waals surface area contributed by atoms with Gasteiger partial charge >= 0.3 is 0 Å². The minimum absolute atomic E-state index is 0.442. The van der Waals surface area contributed by atoms with Gasteiger partial charge in [-0.15, -0.1) is 0 Å². The van der Waals surface area contributed by atoms with E-state index in [9.17, 15) is 4.79 Å². The van der Waals surface area contributed by atoms with E-state index in [0.29, 0.717) is 17.4 Å². The Kier molecular flexibility index (Phi) is 1.18. The van der Waals surface area contributed by atoms with Gasteiger partial charge < -0.3 is 4.90 Å². The lowest BCUT2D eigenvalue weighted by Crippen LogP contribution is -2.39. The Morgan fingerprint density at radius 2 is 2.17 bits per heavy atom. The second-order valence-electron chi connectivity index (χ2n) is 4.64. The maximum absolute atomic E-state index is 11.6. The number of hydrogen-bond donors (Lipinski definition) is 0. The van der Waals surface area contributed by atoms with Crippen molar-refractivity contribution in [1.82, 2.24) is 4.90 Å². The van der Waals surface area contributed by atoms with Crippen LogP contribution in [0.2, 0.25) is 0 Å². The zero-order valence-electron chi connectivity index (χ0n) is 7.38. The summed E-state index contributed by atoms with van der Waals surface area (Å²) in [5, 5.41) is 0. The van der Waals surface area contributed by atoms with Crippen LogP contribution in [0.4, 0.5) is 0 Å². The van der Waals surface area contributed by atoms with Crippen LogP contribution in [0.25, 0.3) is 0 Å². The van der Waals surface area contributed by atoms with Crippen molar-refractivity contribution in [3.63, 3.8) is 0 Å². The number of fused-ring (bicyclic) bond motifs is 2. The van der Waals surface area contributed by atoms with Crippen molar-refractivity contribution in [3.05, 3.63) is 0 Å². The lowest BCUT2D eigenvalue weighted by Gasteiger charge is -2.32. The molecule has 2 heteroatoms. The SMILES string of the molecule is O=C1CC2(CC2)C2CCCCN12. The van der Waals surface area contributed by atoms with Gasteiger partial charge in [-0.2, -0.15) is 0 Å². The molecule has 2 saturated heterocycles. The molecule has 3 aliphatic rings. The molecule has 0 bridgehead atoms. The number of carbonyl (C=O) groups excluding carboxylic acids is 1. The number of hydrogen-bond acceptors (Lipinski definition) is 1. The van der Waals surface area contributed by atoms with E-state index >= 15 is 0 Å². The van der Waals surface area contributed by atoms with Crippen molar-refractivity contribution in [1.29, 1.82) is 0 Å². The monoisotopic (exact) mass is 165 g/mol. The van der Waals surface area contributed by atoms with E-state index in [1.165, 1.54) is 32.1 Å². The Bertz CT molecular complexity index is 232. The third-order valence-corrected chi connectivity index (χ3v) is 3.93. The molecule has 2 nitrogen and oxygen atoms in total. The van der Waals surface area contributed by atoms with Gasteiger partial charge in [0.25, 0.3) is 0 Å². The lowest BCUT2D eigenvalue weighted by molar-refractivity contribution is -0.129. The smallest absolute Gasteiger partial charge is 0.223 e. The molecule has 0 N–H and O–H groups in total. The van der Waals surface area contributed by atoms with Crippen molar-refractivity contribution in [2.24, 2.45) is 5.41 Å². The summed E-state index contributed by atoms with van der Waals surface area (Å²) in [5.41, 5.74) is 0.484. The molecule has 2 aliphatic heterocycles. The molecule has 66 valence electrons. The van der Waals surface area contributed by atoms with Gasteiger partial charge in [-0.25, -0.2) is 0 Å². The van der Waals surface area contributed by atoms with Gasteiger partial charge in [-0.05, 0) is 37.5 Å². The standard InChI is InChI=1S/C10H15NO/c12-9-7-10(4-5-10)8-3-1-2-6-11(8)9/h8H,1-7H2. The number of carbonyl (C=O) groups is 1. The van der Waals surface area contributed by atoms with E-state index < -0.39 is 0 Å². The van der Waals surface area contributed by atoms with Crippen molar-refractivity contribution < 1.29 is 4.79 Å². The highest BCUT2D eigenvalue weighted by Crippen LogP contribution is 2.59. The molecule has 0 aromatic heterocycles. The molecule has 1 saturated carbocycles. The van der Waals surface area contributed by atoms with Crippen molar-refractivity contribution in [3.8, 4) is 0 Å². The minimum atomic E-state index is 0.442. The Morgan fingerprint density at radius 1 is 1.33 bits per heavy atom. The summed E-state index contributed by atoms with van der Waals surface area (Å²) >= 11 is 0. The molecule has 1 spiro atoms. The molecule has 1 aliphatic carbocycles. The maximum atomic E-state index is 11.6. The van der Waals surface area contributed by atoms with Gasteiger partial charge in [0.2, 0.25) is 5.91 Å². The van der Waals surface area contributed by atoms with Crippen LogP contribution in [0.1, 0.15) is 38.5 Å². The molecule has 3 fully saturated rings. The Labute approximate surface area is 72.9 Å². The highest BCUT2D eigenvalue weighted by Gasteiger charge is 2.58. The van der Waals surface area contributed by atoms with Crippen LogP contribution >= 0.6 is 0 Å². The lowest BCUT2D eigenvalue weighted by atomic mass is 9.91. The second-order valence-corrected chi connectivity index (χ2v) is 4.64. The average Bonchev–Trinajstić information content (AvgIpc) is 2.79.